The van der Waals surface area contributed by atoms with Gasteiger partial charge >= 0.3 is 0 Å². The van der Waals surface area contributed by atoms with Gasteiger partial charge in [0.05, 0.1) is 0 Å². The van der Waals surface area contributed by atoms with Gasteiger partial charge in [0.2, 0.25) is 0 Å². The highest BCUT2D eigenvalue weighted by Gasteiger charge is 2.20. The Morgan fingerprint density at radius 3 is 3.15 bits per heavy atom. The first-order chi connectivity index (χ1) is 6.36. The first-order valence-corrected chi connectivity index (χ1v) is 4.23. The lowest BCUT2D eigenvalue weighted by molar-refractivity contribution is 0.1000. The van der Waals surface area contributed by atoms with E-state index < -0.39 is 0 Å². The number of carbonyl (C=O) groups is 1. The van der Waals surface area contributed by atoms with Crippen molar-refractivity contribution in [3.05, 3.63) is 47.5 Å². The molecule has 0 N–H and O–H groups in total. The van der Waals surface area contributed by atoms with Crippen LogP contribution in [0.25, 0.3) is 10.8 Å². The zero-order valence-electron chi connectivity index (χ0n) is 6.92. The zero-order valence-corrected chi connectivity index (χ0v) is 6.92. The molecular weight excluding hydrogens is 160 g/mol. The molecule has 2 aromatic carbocycles. The fraction of sp³-hybridized carbons (Fsp3) is 0.0833. The van der Waals surface area contributed by atoms with Crippen LogP contribution in [-0.4, -0.2) is 5.78 Å². The van der Waals surface area contributed by atoms with E-state index in [1.165, 1.54) is 0 Å². The summed E-state index contributed by atoms with van der Waals surface area (Å²) >= 11 is 0. The second-order valence-corrected chi connectivity index (χ2v) is 3.26. The van der Waals surface area contributed by atoms with Crippen molar-refractivity contribution in [1.82, 2.24) is 0 Å². The van der Waals surface area contributed by atoms with Gasteiger partial charge in [0.1, 0.15) is 0 Å². The van der Waals surface area contributed by atoms with Gasteiger partial charge in [-0.1, -0.05) is 30.3 Å². The van der Waals surface area contributed by atoms with Crippen molar-refractivity contribution in [2.24, 2.45) is 0 Å². The van der Waals surface area contributed by atoms with Crippen LogP contribution in [-0.2, 0) is 6.42 Å². The molecule has 0 atom stereocenters. The molecule has 0 saturated heterocycles. The van der Waals surface area contributed by atoms with Crippen LogP contribution in [0.5, 0.6) is 0 Å². The lowest BCUT2D eigenvalue weighted by Crippen LogP contribution is -1.92. The normalized spacial score (nSPS) is 13.4. The van der Waals surface area contributed by atoms with E-state index in [0.29, 0.717) is 6.42 Å². The Balaban J connectivity index is 2.58. The third kappa shape index (κ3) is 0.750. The molecule has 0 amide bonds. The molecule has 0 aromatic heterocycles. The van der Waals surface area contributed by atoms with Gasteiger partial charge in [-0.25, -0.2) is 0 Å². The second kappa shape index (κ2) is 2.11. The summed E-state index contributed by atoms with van der Waals surface area (Å²) in [5.74, 6) is 0.205. The predicted octanol–water partition coefficient (Wildman–Crippen LogP) is 2.18. The summed E-state index contributed by atoms with van der Waals surface area (Å²) in [5.41, 5.74) is 1.84. The van der Waals surface area contributed by atoms with Gasteiger partial charge < -0.3 is 0 Å². The van der Waals surface area contributed by atoms with Crippen LogP contribution in [0.4, 0.5) is 0 Å². The maximum atomic E-state index is 11.5. The Morgan fingerprint density at radius 1 is 1.31 bits per heavy atom. The number of hydrogen-bond donors (Lipinski definition) is 0. The molecule has 0 saturated carbocycles. The molecule has 0 aliphatic heterocycles. The standard InChI is InChI=1S/C12H6O/c13-11-7-9-5-1-3-8-4-2-6-10(11)12(8)9/h2-4,6H,7H2. The molecule has 0 heterocycles. The zero-order chi connectivity index (χ0) is 8.84. The lowest BCUT2D eigenvalue weighted by Gasteiger charge is -1.95. The van der Waals surface area contributed by atoms with E-state index in [0.717, 1.165) is 21.9 Å². The summed E-state index contributed by atoms with van der Waals surface area (Å²) in [5, 5.41) is 2.17. The third-order valence-corrected chi connectivity index (χ3v) is 2.49. The van der Waals surface area contributed by atoms with Gasteiger partial charge in [0.15, 0.2) is 5.78 Å². The lowest BCUT2D eigenvalue weighted by atomic mass is 10.1. The number of Topliss-reactive ketones (excluding diaryl/α,β-unsaturated/α-hetero) is 1. The minimum atomic E-state index is 0.205. The van der Waals surface area contributed by atoms with Gasteiger partial charge in [-0.2, -0.15) is 0 Å². The third-order valence-electron chi connectivity index (χ3n) is 2.49. The average molecular weight is 166 g/mol. The quantitative estimate of drug-likeness (QED) is 0.586. The Bertz CT molecular complexity index is 506. The van der Waals surface area contributed by atoms with Crippen molar-refractivity contribution in [1.29, 1.82) is 0 Å². The van der Waals surface area contributed by atoms with Crippen molar-refractivity contribution in [2.75, 3.05) is 0 Å². The highest BCUT2D eigenvalue weighted by molar-refractivity contribution is 6.15. The first kappa shape index (κ1) is 6.68. The summed E-state index contributed by atoms with van der Waals surface area (Å²) in [6, 6.07) is 13.6. The fourth-order valence-corrected chi connectivity index (χ4v) is 1.91. The first-order valence-electron chi connectivity index (χ1n) is 4.23. The summed E-state index contributed by atoms with van der Waals surface area (Å²) in [6.07, 6.45) is 0.493. The van der Waals surface area contributed by atoms with Crippen molar-refractivity contribution < 1.29 is 4.79 Å². The van der Waals surface area contributed by atoms with E-state index in [9.17, 15) is 4.79 Å². The SMILES string of the molecule is O=C1Cc2c#ccc3cccc1c23. The fourth-order valence-electron chi connectivity index (χ4n) is 1.91. The average Bonchev–Trinajstić information content (AvgIpc) is 2.47. The van der Waals surface area contributed by atoms with Crippen molar-refractivity contribution in [2.45, 2.75) is 6.42 Å². The van der Waals surface area contributed by atoms with E-state index in [1.807, 2.05) is 24.3 Å². The van der Waals surface area contributed by atoms with Gasteiger partial charge in [0, 0.05) is 22.9 Å². The molecule has 1 aliphatic rings. The second-order valence-electron chi connectivity index (χ2n) is 3.26. The van der Waals surface area contributed by atoms with E-state index in [2.05, 4.69) is 12.1 Å². The molecule has 2 aromatic rings. The Kier molecular flexibility index (Phi) is 1.08. The highest BCUT2D eigenvalue weighted by Crippen LogP contribution is 2.28. The smallest absolute Gasteiger partial charge is 0.168 e. The largest absolute Gasteiger partial charge is 0.294 e. The summed E-state index contributed by atoms with van der Waals surface area (Å²) in [4.78, 5) is 11.5. The van der Waals surface area contributed by atoms with Crippen molar-refractivity contribution in [3.8, 4) is 0 Å². The minimum Gasteiger partial charge on any atom is -0.294 e. The molecule has 0 fully saturated rings. The van der Waals surface area contributed by atoms with E-state index >= 15 is 0 Å². The van der Waals surface area contributed by atoms with E-state index in [1.54, 1.807) is 0 Å². The summed E-state index contributed by atoms with van der Waals surface area (Å²) in [7, 11) is 0. The molecule has 13 heavy (non-hydrogen) atoms. The molecule has 1 heteroatoms. The van der Waals surface area contributed by atoms with Crippen LogP contribution >= 0.6 is 0 Å². The van der Waals surface area contributed by atoms with E-state index in [4.69, 9.17) is 0 Å². The minimum absolute atomic E-state index is 0.205. The molecule has 0 unspecified atom stereocenters. The monoisotopic (exact) mass is 166 g/mol. The number of ketones is 1. The van der Waals surface area contributed by atoms with Gasteiger partial charge in [-0.3, -0.25) is 4.79 Å². The number of benzene rings is 1. The van der Waals surface area contributed by atoms with Crippen LogP contribution < -0.4 is 0 Å². The maximum absolute atomic E-state index is 11.5. The van der Waals surface area contributed by atoms with Crippen molar-refractivity contribution in [3.63, 3.8) is 0 Å². The van der Waals surface area contributed by atoms with Crippen LogP contribution in [0, 0.1) is 12.1 Å². The number of hydrogen-bond acceptors (Lipinski definition) is 1. The molecule has 0 radical (unpaired) electrons. The Hall–Kier alpha value is -1.81. The topological polar surface area (TPSA) is 17.1 Å². The Morgan fingerprint density at radius 2 is 2.23 bits per heavy atom. The van der Waals surface area contributed by atoms with Crippen LogP contribution in [0.15, 0.2) is 24.3 Å². The van der Waals surface area contributed by atoms with Gasteiger partial charge in [-0.15, -0.1) is 0 Å². The number of carbonyl (C=O) groups excluding carboxylic acids is 1. The molecule has 1 aliphatic carbocycles. The van der Waals surface area contributed by atoms with E-state index in [-0.39, 0.29) is 5.78 Å². The van der Waals surface area contributed by atoms with Gasteiger partial charge in [-0.05, 0) is 11.5 Å². The van der Waals surface area contributed by atoms with Gasteiger partial charge in [0.25, 0.3) is 0 Å². The molecule has 3 rings (SSSR count). The van der Waals surface area contributed by atoms with Crippen LogP contribution in [0.3, 0.4) is 0 Å². The Labute approximate surface area is 76.0 Å². The predicted molar refractivity (Wildman–Crippen MR) is 49.7 cm³/mol. The molecule has 1 nitrogen and oxygen atoms in total. The molecule has 0 bridgehead atoms. The summed E-state index contributed by atoms with van der Waals surface area (Å²) in [6.45, 7) is 0. The maximum Gasteiger partial charge on any atom is 0.168 e. The number of rotatable bonds is 0. The molecular formula is C12H6O. The van der Waals surface area contributed by atoms with Crippen LogP contribution in [0.2, 0.25) is 0 Å². The van der Waals surface area contributed by atoms with Crippen LogP contribution in [0.1, 0.15) is 15.9 Å². The molecule has 0 spiro atoms. The van der Waals surface area contributed by atoms with Crippen molar-refractivity contribution >= 4 is 16.6 Å². The summed E-state index contributed by atoms with van der Waals surface area (Å²) < 4.78 is 0. The highest BCUT2D eigenvalue weighted by atomic mass is 16.1. The molecule has 60 valence electrons.